The Hall–Kier alpha value is 0.290. The fourth-order valence-electron chi connectivity index (χ4n) is 2.31. The monoisotopic (exact) mass is 188 g/mol. The summed E-state index contributed by atoms with van der Waals surface area (Å²) in [6.07, 6.45) is 8.03. The van der Waals surface area contributed by atoms with Gasteiger partial charge in [0.25, 0.3) is 0 Å². The van der Waals surface area contributed by atoms with E-state index in [9.17, 15) is 0 Å². The fourth-order valence-corrected chi connectivity index (χ4v) is 2.69. The summed E-state index contributed by atoms with van der Waals surface area (Å²) in [6.45, 7) is 4.60. The molecule has 1 aliphatic carbocycles. The zero-order valence-electron chi connectivity index (χ0n) is 8.35. The first-order chi connectivity index (χ1) is 5.77. The Morgan fingerprint density at radius 3 is 2.33 bits per heavy atom. The first-order valence-corrected chi connectivity index (χ1v) is 5.85. The van der Waals surface area contributed by atoms with Gasteiger partial charge in [0.05, 0.1) is 0 Å². The van der Waals surface area contributed by atoms with Gasteiger partial charge in [-0.05, 0) is 31.1 Å². The second kappa shape index (κ2) is 5.11. The van der Waals surface area contributed by atoms with E-state index >= 15 is 0 Å². The first kappa shape index (κ1) is 10.4. The van der Waals surface area contributed by atoms with Gasteiger partial charge in [0.1, 0.15) is 0 Å². The summed E-state index contributed by atoms with van der Waals surface area (Å²) >= 11 is 6.24. The summed E-state index contributed by atoms with van der Waals surface area (Å²) in [6, 6.07) is 0. The largest absolute Gasteiger partial charge is 0.123 e. The molecule has 0 nitrogen and oxygen atoms in total. The quantitative estimate of drug-likeness (QED) is 0.580. The summed E-state index contributed by atoms with van der Waals surface area (Å²) in [5.74, 6) is 1.76. The van der Waals surface area contributed by atoms with Gasteiger partial charge in [0.15, 0.2) is 0 Å². The lowest BCUT2D eigenvalue weighted by Gasteiger charge is -2.19. The maximum Gasteiger partial charge on any atom is 0.0364 e. The molecule has 0 radical (unpaired) electrons. The van der Waals surface area contributed by atoms with Gasteiger partial charge < -0.3 is 0 Å². The van der Waals surface area contributed by atoms with Gasteiger partial charge in [-0.25, -0.2) is 0 Å². The van der Waals surface area contributed by atoms with Crippen molar-refractivity contribution in [2.75, 3.05) is 0 Å². The van der Waals surface area contributed by atoms with Crippen molar-refractivity contribution in [2.45, 2.75) is 57.7 Å². The van der Waals surface area contributed by atoms with Gasteiger partial charge in [-0.3, -0.25) is 0 Å². The van der Waals surface area contributed by atoms with Crippen LogP contribution in [0.1, 0.15) is 52.4 Å². The third kappa shape index (κ3) is 2.65. The summed E-state index contributed by atoms with van der Waals surface area (Å²) in [7, 11) is 0. The summed E-state index contributed by atoms with van der Waals surface area (Å²) < 4.78 is 0. The van der Waals surface area contributed by atoms with Crippen LogP contribution in [0.5, 0.6) is 0 Å². The Kier molecular flexibility index (Phi) is 4.42. The van der Waals surface area contributed by atoms with Gasteiger partial charge >= 0.3 is 0 Å². The standard InChI is InChI=1S/C11H21Cl/c1-3-9(4-2)8-10-6-5-7-11(10)12/h9-11H,3-8H2,1-2H3. The molecule has 0 heterocycles. The highest BCUT2D eigenvalue weighted by atomic mass is 35.5. The summed E-state index contributed by atoms with van der Waals surface area (Å²) in [5, 5.41) is 0.491. The molecule has 0 spiro atoms. The lowest BCUT2D eigenvalue weighted by atomic mass is 9.89. The van der Waals surface area contributed by atoms with Gasteiger partial charge in [-0.2, -0.15) is 0 Å². The summed E-state index contributed by atoms with van der Waals surface area (Å²) in [4.78, 5) is 0. The zero-order valence-corrected chi connectivity index (χ0v) is 9.11. The van der Waals surface area contributed by atoms with E-state index in [-0.39, 0.29) is 0 Å². The Labute approximate surface area is 81.7 Å². The van der Waals surface area contributed by atoms with E-state index in [1.165, 1.54) is 38.5 Å². The second-order valence-corrected chi connectivity index (χ2v) is 4.69. The maximum atomic E-state index is 6.24. The Morgan fingerprint density at radius 1 is 1.25 bits per heavy atom. The van der Waals surface area contributed by atoms with E-state index in [1.807, 2.05) is 0 Å². The van der Waals surface area contributed by atoms with Crippen LogP contribution < -0.4 is 0 Å². The smallest absolute Gasteiger partial charge is 0.0364 e. The fraction of sp³-hybridized carbons (Fsp3) is 1.00. The molecule has 1 rings (SSSR count). The SMILES string of the molecule is CCC(CC)CC1CCCC1Cl. The minimum atomic E-state index is 0.491. The number of hydrogen-bond acceptors (Lipinski definition) is 0. The van der Waals surface area contributed by atoms with Crippen LogP contribution in [-0.4, -0.2) is 5.38 Å². The maximum absolute atomic E-state index is 6.24. The molecule has 0 aromatic rings. The lowest BCUT2D eigenvalue weighted by Crippen LogP contribution is -2.12. The van der Waals surface area contributed by atoms with Crippen molar-refractivity contribution in [1.82, 2.24) is 0 Å². The number of halogens is 1. The molecule has 12 heavy (non-hydrogen) atoms. The molecule has 0 aromatic heterocycles. The molecule has 1 saturated carbocycles. The highest BCUT2D eigenvalue weighted by molar-refractivity contribution is 6.20. The number of hydrogen-bond donors (Lipinski definition) is 0. The molecular weight excluding hydrogens is 168 g/mol. The molecular formula is C11H21Cl. The Morgan fingerprint density at radius 2 is 1.92 bits per heavy atom. The summed E-state index contributed by atoms with van der Waals surface area (Å²) in [5.41, 5.74) is 0. The molecule has 0 N–H and O–H groups in total. The molecule has 0 saturated heterocycles. The van der Waals surface area contributed by atoms with Crippen molar-refractivity contribution in [3.8, 4) is 0 Å². The second-order valence-electron chi connectivity index (χ2n) is 4.13. The van der Waals surface area contributed by atoms with Gasteiger partial charge in [0.2, 0.25) is 0 Å². The van der Waals surface area contributed by atoms with Gasteiger partial charge in [-0.15, -0.1) is 11.6 Å². The number of alkyl halides is 1. The van der Waals surface area contributed by atoms with Crippen molar-refractivity contribution in [3.63, 3.8) is 0 Å². The van der Waals surface area contributed by atoms with Crippen LogP contribution >= 0.6 is 11.6 Å². The van der Waals surface area contributed by atoms with E-state index in [0.717, 1.165) is 11.8 Å². The molecule has 0 aliphatic heterocycles. The average molecular weight is 189 g/mol. The van der Waals surface area contributed by atoms with Crippen LogP contribution in [-0.2, 0) is 0 Å². The van der Waals surface area contributed by atoms with Crippen LogP contribution in [0, 0.1) is 11.8 Å². The van der Waals surface area contributed by atoms with Crippen molar-refractivity contribution in [2.24, 2.45) is 11.8 Å². The molecule has 0 aromatic carbocycles. The highest BCUT2D eigenvalue weighted by Crippen LogP contribution is 2.35. The van der Waals surface area contributed by atoms with Crippen molar-refractivity contribution < 1.29 is 0 Å². The van der Waals surface area contributed by atoms with Crippen molar-refractivity contribution >= 4 is 11.6 Å². The highest BCUT2D eigenvalue weighted by Gasteiger charge is 2.26. The normalized spacial score (nSPS) is 30.0. The Bertz CT molecular complexity index is 118. The van der Waals surface area contributed by atoms with Crippen LogP contribution in [0.4, 0.5) is 0 Å². The molecule has 1 aliphatic rings. The van der Waals surface area contributed by atoms with Crippen molar-refractivity contribution in [3.05, 3.63) is 0 Å². The number of rotatable bonds is 4. The molecule has 2 unspecified atom stereocenters. The van der Waals surface area contributed by atoms with E-state index in [4.69, 9.17) is 11.6 Å². The van der Waals surface area contributed by atoms with E-state index in [0.29, 0.717) is 5.38 Å². The predicted molar refractivity (Wildman–Crippen MR) is 55.7 cm³/mol. The molecule has 72 valence electrons. The molecule has 0 bridgehead atoms. The van der Waals surface area contributed by atoms with E-state index in [1.54, 1.807) is 0 Å². The molecule has 1 fully saturated rings. The van der Waals surface area contributed by atoms with E-state index < -0.39 is 0 Å². The lowest BCUT2D eigenvalue weighted by molar-refractivity contribution is 0.361. The molecule has 0 amide bonds. The first-order valence-electron chi connectivity index (χ1n) is 5.42. The van der Waals surface area contributed by atoms with E-state index in [2.05, 4.69) is 13.8 Å². The van der Waals surface area contributed by atoms with Gasteiger partial charge in [0, 0.05) is 5.38 Å². The molecule has 2 atom stereocenters. The van der Waals surface area contributed by atoms with Crippen LogP contribution in [0.2, 0.25) is 0 Å². The van der Waals surface area contributed by atoms with Crippen LogP contribution in [0.25, 0.3) is 0 Å². The van der Waals surface area contributed by atoms with Gasteiger partial charge in [-0.1, -0.05) is 33.1 Å². The third-order valence-electron chi connectivity index (χ3n) is 3.36. The Balaban J connectivity index is 2.28. The predicted octanol–water partition coefficient (Wildman–Crippen LogP) is 4.22. The van der Waals surface area contributed by atoms with Crippen LogP contribution in [0.3, 0.4) is 0 Å². The molecule has 1 heteroatoms. The average Bonchev–Trinajstić information content (AvgIpc) is 2.47. The third-order valence-corrected chi connectivity index (χ3v) is 3.93. The topological polar surface area (TPSA) is 0 Å². The minimum Gasteiger partial charge on any atom is -0.123 e. The van der Waals surface area contributed by atoms with Crippen molar-refractivity contribution in [1.29, 1.82) is 0 Å². The zero-order chi connectivity index (χ0) is 8.97. The minimum absolute atomic E-state index is 0.491. The van der Waals surface area contributed by atoms with Crippen LogP contribution in [0.15, 0.2) is 0 Å².